The molecule has 1 unspecified atom stereocenters. The molecule has 2 aliphatic heterocycles. The van der Waals surface area contributed by atoms with Gasteiger partial charge in [-0.2, -0.15) is 0 Å². The second-order valence-electron chi connectivity index (χ2n) is 8.01. The molecule has 0 aromatic heterocycles. The van der Waals surface area contributed by atoms with Gasteiger partial charge in [-0.05, 0) is 37.3 Å². The monoisotopic (exact) mass is 388 g/mol. The van der Waals surface area contributed by atoms with Gasteiger partial charge in [0.25, 0.3) is 0 Å². The highest BCUT2D eigenvalue weighted by Crippen LogP contribution is 2.45. The van der Waals surface area contributed by atoms with Crippen molar-refractivity contribution in [3.63, 3.8) is 0 Å². The molecule has 3 fully saturated rings. The summed E-state index contributed by atoms with van der Waals surface area (Å²) in [5, 5.41) is 0.446. The standard InChI is InChI=1S/C21H25ClN2O3/c22-17-10-4-3-9-16(17)21(13-18(25)23-11-5-6-12-23)14-19(26)24(20(21)27)15-7-1-2-8-15/h3-4,9-10,15H,1-2,5-8,11-14H2. The fourth-order valence-corrected chi connectivity index (χ4v) is 5.24. The van der Waals surface area contributed by atoms with Crippen LogP contribution in [-0.4, -0.2) is 46.7 Å². The van der Waals surface area contributed by atoms with Gasteiger partial charge in [-0.15, -0.1) is 0 Å². The molecule has 6 heteroatoms. The lowest BCUT2D eigenvalue weighted by molar-refractivity contribution is -0.144. The summed E-state index contributed by atoms with van der Waals surface area (Å²) in [6, 6.07) is 7.12. The molecule has 0 spiro atoms. The molecule has 27 heavy (non-hydrogen) atoms. The van der Waals surface area contributed by atoms with Gasteiger partial charge in [-0.25, -0.2) is 0 Å². The SMILES string of the molecule is O=C(CC1(c2ccccc2Cl)CC(=O)N(C2CCCC2)C1=O)N1CCCC1. The van der Waals surface area contributed by atoms with E-state index in [9.17, 15) is 14.4 Å². The third kappa shape index (κ3) is 3.16. The molecule has 2 saturated heterocycles. The fourth-order valence-electron chi connectivity index (χ4n) is 4.92. The van der Waals surface area contributed by atoms with Gasteiger partial charge in [-0.3, -0.25) is 19.3 Å². The zero-order valence-electron chi connectivity index (χ0n) is 15.5. The number of amides is 3. The van der Waals surface area contributed by atoms with Gasteiger partial charge in [0.2, 0.25) is 17.7 Å². The van der Waals surface area contributed by atoms with E-state index in [1.54, 1.807) is 18.2 Å². The zero-order chi connectivity index (χ0) is 19.0. The molecule has 1 atom stereocenters. The summed E-state index contributed by atoms with van der Waals surface area (Å²) in [5.74, 6) is -0.456. The van der Waals surface area contributed by atoms with E-state index in [0.717, 1.165) is 51.6 Å². The lowest BCUT2D eigenvalue weighted by Crippen LogP contribution is -2.45. The van der Waals surface area contributed by atoms with E-state index in [0.29, 0.717) is 10.6 Å². The molecule has 4 rings (SSSR count). The fraction of sp³-hybridized carbons (Fsp3) is 0.571. The van der Waals surface area contributed by atoms with E-state index >= 15 is 0 Å². The Balaban J connectivity index is 1.72. The molecule has 0 radical (unpaired) electrons. The Hall–Kier alpha value is -1.88. The van der Waals surface area contributed by atoms with E-state index in [-0.39, 0.29) is 36.6 Å². The van der Waals surface area contributed by atoms with Gasteiger partial charge in [0.05, 0.1) is 5.41 Å². The molecule has 5 nitrogen and oxygen atoms in total. The van der Waals surface area contributed by atoms with Crippen molar-refractivity contribution in [1.29, 1.82) is 0 Å². The Morgan fingerprint density at radius 3 is 2.41 bits per heavy atom. The molecule has 3 amide bonds. The normalized spacial score (nSPS) is 26.4. The van der Waals surface area contributed by atoms with Gasteiger partial charge in [0, 0.05) is 37.0 Å². The maximum Gasteiger partial charge on any atom is 0.241 e. The second kappa shape index (κ2) is 7.27. The van der Waals surface area contributed by atoms with E-state index < -0.39 is 5.41 Å². The van der Waals surface area contributed by atoms with Crippen molar-refractivity contribution in [2.75, 3.05) is 13.1 Å². The third-order valence-electron chi connectivity index (χ3n) is 6.34. The van der Waals surface area contributed by atoms with Crippen molar-refractivity contribution in [2.45, 2.75) is 62.8 Å². The van der Waals surface area contributed by atoms with Crippen LogP contribution in [0.4, 0.5) is 0 Å². The Morgan fingerprint density at radius 1 is 1.07 bits per heavy atom. The Bertz CT molecular complexity index is 768. The van der Waals surface area contributed by atoms with Crippen LogP contribution in [-0.2, 0) is 19.8 Å². The van der Waals surface area contributed by atoms with E-state index in [1.165, 1.54) is 4.90 Å². The van der Waals surface area contributed by atoms with Crippen LogP contribution < -0.4 is 0 Å². The second-order valence-corrected chi connectivity index (χ2v) is 8.42. The molecular formula is C21H25ClN2O3. The van der Waals surface area contributed by atoms with Crippen molar-refractivity contribution in [1.82, 2.24) is 9.80 Å². The molecule has 1 aromatic carbocycles. The maximum atomic E-state index is 13.6. The van der Waals surface area contributed by atoms with Crippen molar-refractivity contribution >= 4 is 29.3 Å². The van der Waals surface area contributed by atoms with Crippen LogP contribution in [0.3, 0.4) is 0 Å². The molecule has 2 heterocycles. The van der Waals surface area contributed by atoms with Crippen LogP contribution in [0, 0.1) is 0 Å². The van der Waals surface area contributed by atoms with Crippen molar-refractivity contribution < 1.29 is 14.4 Å². The minimum Gasteiger partial charge on any atom is -0.343 e. The smallest absolute Gasteiger partial charge is 0.241 e. The number of carbonyl (C=O) groups excluding carboxylic acids is 3. The van der Waals surface area contributed by atoms with Crippen LogP contribution in [0.25, 0.3) is 0 Å². The maximum absolute atomic E-state index is 13.6. The molecule has 1 saturated carbocycles. The number of rotatable bonds is 4. The minimum absolute atomic E-state index is 0.0184. The first kappa shape index (κ1) is 18.5. The van der Waals surface area contributed by atoms with E-state index in [4.69, 9.17) is 11.6 Å². The number of carbonyl (C=O) groups is 3. The van der Waals surface area contributed by atoms with Crippen LogP contribution in [0.2, 0.25) is 5.02 Å². The highest BCUT2D eigenvalue weighted by molar-refractivity contribution is 6.32. The van der Waals surface area contributed by atoms with Crippen LogP contribution in [0.5, 0.6) is 0 Å². The number of imide groups is 1. The minimum atomic E-state index is -1.17. The van der Waals surface area contributed by atoms with Crippen LogP contribution in [0.15, 0.2) is 24.3 Å². The Kier molecular flexibility index (Phi) is 4.97. The highest BCUT2D eigenvalue weighted by atomic mass is 35.5. The summed E-state index contributed by atoms with van der Waals surface area (Å²) in [5.41, 5.74) is -0.560. The molecular weight excluding hydrogens is 364 g/mol. The summed E-state index contributed by atoms with van der Waals surface area (Å²) >= 11 is 6.45. The number of halogens is 1. The first-order valence-electron chi connectivity index (χ1n) is 9.92. The summed E-state index contributed by atoms with van der Waals surface area (Å²) < 4.78 is 0. The Morgan fingerprint density at radius 2 is 1.74 bits per heavy atom. The lowest BCUT2D eigenvalue weighted by Gasteiger charge is -2.31. The van der Waals surface area contributed by atoms with Gasteiger partial charge in [0.1, 0.15) is 0 Å². The summed E-state index contributed by atoms with van der Waals surface area (Å²) in [6.07, 6.45) is 5.82. The topological polar surface area (TPSA) is 57.7 Å². The predicted octanol–water partition coefficient (Wildman–Crippen LogP) is 3.29. The molecule has 3 aliphatic rings. The summed E-state index contributed by atoms with van der Waals surface area (Å²) in [6.45, 7) is 1.46. The summed E-state index contributed by atoms with van der Waals surface area (Å²) in [4.78, 5) is 42.8. The molecule has 0 N–H and O–H groups in total. The van der Waals surface area contributed by atoms with E-state index in [2.05, 4.69) is 0 Å². The first-order chi connectivity index (χ1) is 13.0. The lowest BCUT2D eigenvalue weighted by atomic mass is 9.75. The van der Waals surface area contributed by atoms with Gasteiger partial charge >= 0.3 is 0 Å². The largest absolute Gasteiger partial charge is 0.343 e. The van der Waals surface area contributed by atoms with Crippen molar-refractivity contribution in [3.8, 4) is 0 Å². The van der Waals surface area contributed by atoms with Crippen LogP contribution >= 0.6 is 11.6 Å². The molecule has 144 valence electrons. The highest BCUT2D eigenvalue weighted by Gasteiger charge is 2.56. The third-order valence-corrected chi connectivity index (χ3v) is 6.67. The number of nitrogens with zero attached hydrogens (tertiary/aromatic N) is 2. The molecule has 1 aromatic rings. The number of hydrogen-bond donors (Lipinski definition) is 0. The zero-order valence-corrected chi connectivity index (χ0v) is 16.2. The first-order valence-corrected chi connectivity index (χ1v) is 10.3. The predicted molar refractivity (Wildman–Crippen MR) is 102 cm³/mol. The van der Waals surface area contributed by atoms with Crippen molar-refractivity contribution in [3.05, 3.63) is 34.9 Å². The van der Waals surface area contributed by atoms with Gasteiger partial charge in [-0.1, -0.05) is 42.6 Å². The molecule has 0 bridgehead atoms. The van der Waals surface area contributed by atoms with Gasteiger partial charge < -0.3 is 4.90 Å². The quantitative estimate of drug-likeness (QED) is 0.743. The van der Waals surface area contributed by atoms with Crippen molar-refractivity contribution in [2.24, 2.45) is 0 Å². The Labute approximate surface area is 164 Å². The number of benzene rings is 1. The van der Waals surface area contributed by atoms with Gasteiger partial charge in [0.15, 0.2) is 0 Å². The van der Waals surface area contributed by atoms with E-state index in [1.807, 2.05) is 11.0 Å². The molecule has 1 aliphatic carbocycles. The average Bonchev–Trinajstić information content (AvgIpc) is 3.38. The average molecular weight is 389 g/mol. The number of hydrogen-bond acceptors (Lipinski definition) is 3. The van der Waals surface area contributed by atoms with Crippen LogP contribution in [0.1, 0.15) is 56.9 Å². The number of likely N-dealkylation sites (tertiary alicyclic amines) is 2. The summed E-state index contributed by atoms with van der Waals surface area (Å²) in [7, 11) is 0.